The number of rotatable bonds is 0. The molecule has 1 rings (SSSR count). The minimum absolute atomic E-state index is 0.711. The average molecular weight is 114 g/mol. The second-order valence-corrected chi connectivity index (χ2v) is 1.86. The number of hydrogen-bond acceptors (Lipinski definition) is 2. The Morgan fingerprint density at radius 1 is 1.71 bits per heavy atom. The second kappa shape index (κ2) is 2.07. The Labute approximate surface area is 48.0 Å². The summed E-state index contributed by atoms with van der Waals surface area (Å²) in [5.74, 6) is 0. The fraction of sp³-hybridized carbons (Fsp3) is 0.400. The van der Waals surface area contributed by atoms with Gasteiger partial charge < -0.3 is 4.74 Å². The standard InChI is InChI=1S/C5H6OS/c7-5-3-1-2-4-6-5/h2,4H,1,3H2. The van der Waals surface area contributed by atoms with Gasteiger partial charge in [-0.05, 0) is 24.7 Å². The van der Waals surface area contributed by atoms with Crippen LogP contribution in [0, 0.1) is 0 Å². The van der Waals surface area contributed by atoms with Gasteiger partial charge in [0.05, 0.1) is 6.26 Å². The monoisotopic (exact) mass is 114 g/mol. The normalized spacial score (nSPS) is 19.1. The number of hydrogen-bond donors (Lipinski definition) is 0. The van der Waals surface area contributed by atoms with E-state index in [9.17, 15) is 0 Å². The maximum atomic E-state index is 4.83. The zero-order valence-corrected chi connectivity index (χ0v) is 4.70. The lowest BCUT2D eigenvalue weighted by Gasteiger charge is -2.03. The molecule has 0 saturated heterocycles. The highest BCUT2D eigenvalue weighted by molar-refractivity contribution is 7.80. The van der Waals surface area contributed by atoms with Crippen LogP contribution >= 0.6 is 12.2 Å². The van der Waals surface area contributed by atoms with E-state index in [4.69, 9.17) is 17.0 Å². The van der Waals surface area contributed by atoms with Crippen molar-refractivity contribution in [3.05, 3.63) is 12.3 Å². The number of thiocarbonyl (C=S) groups is 1. The fourth-order valence-electron chi connectivity index (χ4n) is 0.452. The third-order valence-corrected chi connectivity index (χ3v) is 1.11. The van der Waals surface area contributed by atoms with Crippen molar-refractivity contribution >= 4 is 17.3 Å². The molecule has 0 aromatic rings. The maximum Gasteiger partial charge on any atom is 0.166 e. The second-order valence-electron chi connectivity index (χ2n) is 1.40. The van der Waals surface area contributed by atoms with Crippen molar-refractivity contribution in [2.24, 2.45) is 0 Å². The van der Waals surface area contributed by atoms with E-state index in [1.165, 1.54) is 0 Å². The van der Waals surface area contributed by atoms with Crippen LogP contribution in [0.1, 0.15) is 12.8 Å². The summed E-state index contributed by atoms with van der Waals surface area (Å²) in [6, 6.07) is 0. The minimum Gasteiger partial charge on any atom is -0.458 e. The summed E-state index contributed by atoms with van der Waals surface area (Å²) in [7, 11) is 0. The van der Waals surface area contributed by atoms with E-state index < -0.39 is 0 Å². The van der Waals surface area contributed by atoms with Gasteiger partial charge in [-0.15, -0.1) is 0 Å². The fourth-order valence-corrected chi connectivity index (χ4v) is 0.626. The Kier molecular flexibility index (Phi) is 1.42. The summed E-state index contributed by atoms with van der Waals surface area (Å²) in [6.07, 6.45) is 5.56. The molecule has 0 aromatic carbocycles. The van der Waals surface area contributed by atoms with Crippen LogP contribution in [0.2, 0.25) is 0 Å². The first kappa shape index (κ1) is 4.78. The summed E-state index contributed by atoms with van der Waals surface area (Å²) in [6.45, 7) is 0. The van der Waals surface area contributed by atoms with Crippen molar-refractivity contribution in [2.45, 2.75) is 12.8 Å². The predicted molar refractivity (Wildman–Crippen MR) is 32.1 cm³/mol. The topological polar surface area (TPSA) is 9.23 Å². The van der Waals surface area contributed by atoms with Crippen molar-refractivity contribution in [1.82, 2.24) is 0 Å². The third-order valence-electron chi connectivity index (χ3n) is 0.811. The van der Waals surface area contributed by atoms with Gasteiger partial charge in [0, 0.05) is 6.42 Å². The lowest BCUT2D eigenvalue weighted by molar-refractivity contribution is 0.455. The Hall–Kier alpha value is -0.370. The van der Waals surface area contributed by atoms with E-state index in [0.717, 1.165) is 12.8 Å². The molecule has 0 aliphatic carbocycles. The summed E-state index contributed by atoms with van der Waals surface area (Å²) in [5.41, 5.74) is 0. The molecule has 0 N–H and O–H groups in total. The summed E-state index contributed by atoms with van der Waals surface area (Å²) in [5, 5.41) is 0.711. The molecule has 1 aliphatic rings. The lowest BCUT2D eigenvalue weighted by atomic mass is 10.3. The van der Waals surface area contributed by atoms with Gasteiger partial charge in [0.25, 0.3) is 0 Å². The van der Waals surface area contributed by atoms with Gasteiger partial charge in [-0.3, -0.25) is 0 Å². The smallest absolute Gasteiger partial charge is 0.166 e. The van der Waals surface area contributed by atoms with Crippen LogP contribution in [-0.2, 0) is 4.74 Å². The highest BCUT2D eigenvalue weighted by Gasteiger charge is 1.96. The van der Waals surface area contributed by atoms with Crippen molar-refractivity contribution in [1.29, 1.82) is 0 Å². The van der Waals surface area contributed by atoms with E-state index in [1.54, 1.807) is 6.26 Å². The Bertz CT molecular complexity index is 107. The highest BCUT2D eigenvalue weighted by Crippen LogP contribution is 2.02. The average Bonchev–Trinajstić information content (AvgIpc) is 1.69. The highest BCUT2D eigenvalue weighted by atomic mass is 32.1. The molecular formula is C5H6OS. The van der Waals surface area contributed by atoms with E-state index in [1.807, 2.05) is 6.08 Å². The molecule has 0 radical (unpaired) electrons. The quantitative estimate of drug-likeness (QED) is 0.443. The molecule has 0 aromatic heterocycles. The van der Waals surface area contributed by atoms with E-state index >= 15 is 0 Å². The summed E-state index contributed by atoms with van der Waals surface area (Å²) < 4.78 is 4.83. The predicted octanol–water partition coefficient (Wildman–Crippen LogP) is 1.64. The minimum atomic E-state index is 0.711. The molecule has 38 valence electrons. The SMILES string of the molecule is S=C1CCC=CO1. The Morgan fingerprint density at radius 2 is 2.57 bits per heavy atom. The summed E-state index contributed by atoms with van der Waals surface area (Å²) in [4.78, 5) is 0. The van der Waals surface area contributed by atoms with Gasteiger partial charge in [0.2, 0.25) is 0 Å². The zero-order valence-electron chi connectivity index (χ0n) is 3.89. The lowest BCUT2D eigenvalue weighted by Crippen LogP contribution is -1.98. The van der Waals surface area contributed by atoms with Crippen molar-refractivity contribution in [3.8, 4) is 0 Å². The first-order valence-electron chi connectivity index (χ1n) is 2.24. The van der Waals surface area contributed by atoms with E-state index in [2.05, 4.69) is 0 Å². The first-order valence-corrected chi connectivity index (χ1v) is 2.65. The molecule has 0 atom stereocenters. The molecule has 0 spiro atoms. The maximum absolute atomic E-state index is 4.83. The molecule has 7 heavy (non-hydrogen) atoms. The van der Waals surface area contributed by atoms with Crippen molar-refractivity contribution in [3.63, 3.8) is 0 Å². The van der Waals surface area contributed by atoms with Gasteiger partial charge in [-0.2, -0.15) is 0 Å². The molecule has 0 bridgehead atoms. The van der Waals surface area contributed by atoms with Crippen LogP contribution in [0.4, 0.5) is 0 Å². The van der Waals surface area contributed by atoms with Gasteiger partial charge in [0.1, 0.15) is 0 Å². The van der Waals surface area contributed by atoms with Gasteiger partial charge in [-0.25, -0.2) is 0 Å². The molecule has 2 heteroatoms. The first-order chi connectivity index (χ1) is 3.39. The molecule has 1 nitrogen and oxygen atoms in total. The van der Waals surface area contributed by atoms with Gasteiger partial charge >= 0.3 is 0 Å². The van der Waals surface area contributed by atoms with Gasteiger partial charge in [-0.1, -0.05) is 0 Å². The van der Waals surface area contributed by atoms with Crippen LogP contribution in [0.5, 0.6) is 0 Å². The van der Waals surface area contributed by atoms with E-state index in [-0.39, 0.29) is 0 Å². The molecule has 1 aliphatic heterocycles. The third kappa shape index (κ3) is 1.27. The molecule has 0 amide bonds. The van der Waals surface area contributed by atoms with Gasteiger partial charge in [0.15, 0.2) is 5.05 Å². The van der Waals surface area contributed by atoms with E-state index in [0.29, 0.717) is 5.05 Å². The Morgan fingerprint density at radius 3 is 2.86 bits per heavy atom. The number of allylic oxidation sites excluding steroid dienone is 1. The number of ether oxygens (including phenoxy) is 1. The Balaban J connectivity index is 2.47. The van der Waals surface area contributed by atoms with Crippen LogP contribution < -0.4 is 0 Å². The van der Waals surface area contributed by atoms with Crippen LogP contribution in [0.25, 0.3) is 0 Å². The zero-order chi connectivity index (χ0) is 5.11. The molecule has 0 fully saturated rings. The van der Waals surface area contributed by atoms with Crippen LogP contribution in [0.15, 0.2) is 12.3 Å². The largest absolute Gasteiger partial charge is 0.458 e. The molecule has 1 heterocycles. The van der Waals surface area contributed by atoms with Crippen molar-refractivity contribution in [2.75, 3.05) is 0 Å². The van der Waals surface area contributed by atoms with Crippen LogP contribution in [-0.4, -0.2) is 5.05 Å². The molecule has 0 unspecified atom stereocenters. The molecule has 0 saturated carbocycles. The summed E-state index contributed by atoms with van der Waals surface area (Å²) >= 11 is 4.73. The van der Waals surface area contributed by atoms with Crippen molar-refractivity contribution < 1.29 is 4.74 Å². The van der Waals surface area contributed by atoms with Crippen LogP contribution in [0.3, 0.4) is 0 Å². The molecular weight excluding hydrogens is 108 g/mol.